The third kappa shape index (κ3) is 3.07. The molecule has 0 aromatic heterocycles. The normalized spacial score (nSPS) is 16.4. The standard InChI is InChI=1S/C16H10F3NO4S/c17-9-3-8(6-20)4-10(5-9)24-12-1-2-13-14(15(12)16(18)19)11(21)7-25(13,22)23/h1-5,16,22-23H,7H2. The summed E-state index contributed by atoms with van der Waals surface area (Å²) in [7, 11) is -3.46. The lowest BCUT2D eigenvalue weighted by Gasteiger charge is -2.26. The fourth-order valence-corrected chi connectivity index (χ4v) is 4.09. The van der Waals surface area contributed by atoms with E-state index in [1.165, 1.54) is 0 Å². The van der Waals surface area contributed by atoms with Crippen LogP contribution in [0.1, 0.15) is 27.9 Å². The summed E-state index contributed by atoms with van der Waals surface area (Å²) in [5.41, 5.74) is -1.34. The van der Waals surface area contributed by atoms with Crippen molar-refractivity contribution in [2.45, 2.75) is 11.3 Å². The zero-order valence-corrected chi connectivity index (χ0v) is 13.2. The summed E-state index contributed by atoms with van der Waals surface area (Å²) in [6.07, 6.45) is -3.13. The Morgan fingerprint density at radius 2 is 1.96 bits per heavy atom. The van der Waals surface area contributed by atoms with Crippen molar-refractivity contribution in [3.05, 3.63) is 52.8 Å². The van der Waals surface area contributed by atoms with Crippen LogP contribution >= 0.6 is 10.6 Å². The van der Waals surface area contributed by atoms with Gasteiger partial charge in [0.05, 0.1) is 27.7 Å². The van der Waals surface area contributed by atoms with Crippen LogP contribution in [-0.4, -0.2) is 20.6 Å². The summed E-state index contributed by atoms with van der Waals surface area (Å²) >= 11 is 0. The molecule has 130 valence electrons. The highest BCUT2D eigenvalue weighted by Crippen LogP contribution is 2.57. The predicted octanol–water partition coefficient (Wildman–Crippen LogP) is 4.73. The Bertz CT molecular complexity index is 924. The molecular weight excluding hydrogens is 359 g/mol. The van der Waals surface area contributed by atoms with Crippen LogP contribution in [0.4, 0.5) is 13.2 Å². The first-order chi connectivity index (χ1) is 11.7. The van der Waals surface area contributed by atoms with Crippen molar-refractivity contribution in [2.75, 3.05) is 5.75 Å². The maximum absolute atomic E-state index is 13.5. The lowest BCUT2D eigenvalue weighted by Crippen LogP contribution is -2.04. The minimum atomic E-state index is -3.46. The van der Waals surface area contributed by atoms with Gasteiger partial charge in [-0.2, -0.15) is 15.9 Å². The first-order valence-corrected chi connectivity index (χ1v) is 8.57. The molecular formula is C16H10F3NO4S. The summed E-state index contributed by atoms with van der Waals surface area (Å²) in [5.74, 6) is -2.90. The number of carbonyl (C=O) groups excluding carboxylic acids is 1. The average molecular weight is 369 g/mol. The molecule has 1 aliphatic rings. The second kappa shape index (κ2) is 6.07. The number of fused-ring (bicyclic) bond motifs is 1. The molecule has 2 N–H and O–H groups in total. The van der Waals surface area contributed by atoms with E-state index in [-0.39, 0.29) is 16.2 Å². The van der Waals surface area contributed by atoms with Gasteiger partial charge >= 0.3 is 0 Å². The number of alkyl halides is 2. The Morgan fingerprint density at radius 1 is 1.24 bits per heavy atom. The molecule has 0 bridgehead atoms. The minimum Gasteiger partial charge on any atom is -0.457 e. The molecule has 0 unspecified atom stereocenters. The fraction of sp³-hybridized carbons (Fsp3) is 0.125. The van der Waals surface area contributed by atoms with E-state index in [0.29, 0.717) is 0 Å². The zero-order valence-electron chi connectivity index (χ0n) is 12.4. The van der Waals surface area contributed by atoms with Crippen molar-refractivity contribution < 1.29 is 31.8 Å². The molecule has 25 heavy (non-hydrogen) atoms. The molecule has 0 spiro atoms. The van der Waals surface area contributed by atoms with Gasteiger partial charge in [0, 0.05) is 6.07 Å². The van der Waals surface area contributed by atoms with Crippen LogP contribution in [0.3, 0.4) is 0 Å². The van der Waals surface area contributed by atoms with Gasteiger partial charge < -0.3 is 4.74 Å². The molecule has 2 aromatic rings. The second-order valence-corrected chi connectivity index (χ2v) is 7.34. The number of nitriles is 1. The summed E-state index contributed by atoms with van der Waals surface area (Å²) in [6, 6.07) is 6.89. The monoisotopic (exact) mass is 369 g/mol. The van der Waals surface area contributed by atoms with Crippen molar-refractivity contribution in [3.63, 3.8) is 0 Å². The third-order valence-electron chi connectivity index (χ3n) is 3.58. The van der Waals surface area contributed by atoms with Crippen molar-refractivity contribution in [1.82, 2.24) is 0 Å². The van der Waals surface area contributed by atoms with E-state index in [2.05, 4.69) is 0 Å². The van der Waals surface area contributed by atoms with Crippen LogP contribution < -0.4 is 4.74 Å². The Hall–Kier alpha value is -2.54. The van der Waals surface area contributed by atoms with Crippen LogP contribution in [0.25, 0.3) is 0 Å². The highest BCUT2D eigenvalue weighted by atomic mass is 32.3. The van der Waals surface area contributed by atoms with Crippen molar-refractivity contribution in [3.8, 4) is 17.6 Å². The molecule has 0 radical (unpaired) electrons. The number of hydrogen-bond donors (Lipinski definition) is 2. The van der Waals surface area contributed by atoms with Gasteiger partial charge in [0.25, 0.3) is 6.43 Å². The van der Waals surface area contributed by atoms with Gasteiger partial charge in [0.1, 0.15) is 23.1 Å². The summed E-state index contributed by atoms with van der Waals surface area (Å²) in [6.45, 7) is 0. The largest absolute Gasteiger partial charge is 0.457 e. The number of ether oxygens (including phenoxy) is 1. The Kier molecular flexibility index (Phi) is 4.20. The lowest BCUT2D eigenvalue weighted by molar-refractivity contribution is 0.100. The van der Waals surface area contributed by atoms with Crippen molar-refractivity contribution in [2.24, 2.45) is 0 Å². The first-order valence-electron chi connectivity index (χ1n) is 6.85. The van der Waals surface area contributed by atoms with E-state index >= 15 is 0 Å². The molecule has 1 aliphatic heterocycles. The van der Waals surface area contributed by atoms with E-state index in [9.17, 15) is 27.1 Å². The topological polar surface area (TPSA) is 90.5 Å². The number of nitrogens with zero attached hydrogens (tertiary/aromatic N) is 1. The number of ketones is 1. The van der Waals surface area contributed by atoms with Crippen LogP contribution in [-0.2, 0) is 0 Å². The summed E-state index contributed by atoms with van der Waals surface area (Å²) < 4.78 is 65.5. The quantitative estimate of drug-likeness (QED) is 0.816. The van der Waals surface area contributed by atoms with Gasteiger partial charge in [0.2, 0.25) is 0 Å². The van der Waals surface area contributed by atoms with Crippen LogP contribution in [0.15, 0.2) is 35.2 Å². The van der Waals surface area contributed by atoms with Gasteiger partial charge in [0.15, 0.2) is 5.78 Å². The van der Waals surface area contributed by atoms with Gasteiger partial charge in [-0.15, -0.1) is 0 Å². The van der Waals surface area contributed by atoms with E-state index in [4.69, 9.17) is 10.00 Å². The molecule has 0 aliphatic carbocycles. The van der Waals surface area contributed by atoms with E-state index in [1.54, 1.807) is 6.07 Å². The average Bonchev–Trinajstić information content (AvgIpc) is 2.75. The Balaban J connectivity index is 2.13. The zero-order chi connectivity index (χ0) is 18.4. The maximum Gasteiger partial charge on any atom is 0.268 e. The van der Waals surface area contributed by atoms with Gasteiger partial charge in [-0.05, 0) is 24.3 Å². The first kappa shape index (κ1) is 17.3. The molecule has 0 atom stereocenters. The number of benzene rings is 2. The summed E-state index contributed by atoms with van der Waals surface area (Å²) in [5, 5.41) is 8.82. The van der Waals surface area contributed by atoms with Crippen LogP contribution in [0.5, 0.6) is 11.5 Å². The van der Waals surface area contributed by atoms with Gasteiger partial charge in [-0.25, -0.2) is 13.2 Å². The maximum atomic E-state index is 13.5. The highest BCUT2D eigenvalue weighted by Gasteiger charge is 2.39. The van der Waals surface area contributed by atoms with E-state index < -0.39 is 51.2 Å². The smallest absolute Gasteiger partial charge is 0.268 e. The SMILES string of the molecule is N#Cc1cc(F)cc(Oc2ccc3c(c2C(F)F)C(=O)CS3(O)O)c1. The number of rotatable bonds is 3. The van der Waals surface area contributed by atoms with Gasteiger partial charge in [-0.1, -0.05) is 0 Å². The number of hydrogen-bond acceptors (Lipinski definition) is 5. The molecule has 0 amide bonds. The van der Waals surface area contributed by atoms with Crippen LogP contribution in [0.2, 0.25) is 0 Å². The number of halogens is 3. The predicted molar refractivity (Wildman–Crippen MR) is 82.9 cm³/mol. The molecule has 0 saturated carbocycles. The molecule has 2 aromatic carbocycles. The van der Waals surface area contributed by atoms with Crippen molar-refractivity contribution >= 4 is 16.4 Å². The molecule has 1 heterocycles. The minimum absolute atomic E-state index is 0.0694. The fourth-order valence-electron chi connectivity index (χ4n) is 2.59. The number of Topliss-reactive ketones (excluding diaryl/α,β-unsaturated/α-hetero) is 1. The Labute approximate surface area is 141 Å². The second-order valence-electron chi connectivity index (χ2n) is 5.27. The Morgan fingerprint density at radius 3 is 2.60 bits per heavy atom. The van der Waals surface area contributed by atoms with Gasteiger partial charge in [-0.3, -0.25) is 13.9 Å². The summed E-state index contributed by atoms with van der Waals surface area (Å²) in [4.78, 5) is 11.7. The highest BCUT2D eigenvalue weighted by molar-refractivity contribution is 8.25. The molecule has 9 heteroatoms. The van der Waals surface area contributed by atoms with E-state index in [0.717, 1.165) is 30.3 Å². The molecule has 5 nitrogen and oxygen atoms in total. The molecule has 0 fully saturated rings. The lowest BCUT2D eigenvalue weighted by atomic mass is 10.0. The van der Waals surface area contributed by atoms with Crippen LogP contribution in [0, 0.1) is 17.1 Å². The molecule has 3 rings (SSSR count). The van der Waals surface area contributed by atoms with E-state index in [1.807, 2.05) is 0 Å². The molecule has 0 saturated heterocycles. The van der Waals surface area contributed by atoms with Crippen molar-refractivity contribution in [1.29, 1.82) is 5.26 Å². The third-order valence-corrected chi connectivity index (χ3v) is 5.29. The number of carbonyl (C=O) groups is 1.